The van der Waals surface area contributed by atoms with Gasteiger partial charge in [0.1, 0.15) is 6.10 Å². The molecule has 10 nitrogen and oxygen atoms in total. The first-order valence-corrected chi connectivity index (χ1v) is 6.37. The highest BCUT2D eigenvalue weighted by molar-refractivity contribution is 7.53. The Hall–Kier alpha value is -1.32. The second-order valence-electron chi connectivity index (χ2n) is 3.42. The van der Waals surface area contributed by atoms with Crippen LogP contribution in [0.3, 0.4) is 0 Å². The second kappa shape index (κ2) is 5.55. The van der Waals surface area contributed by atoms with E-state index in [4.69, 9.17) is 10.6 Å². The summed E-state index contributed by atoms with van der Waals surface area (Å²) in [5.41, 5.74) is 4.81. The van der Waals surface area contributed by atoms with Crippen molar-refractivity contribution in [3.8, 4) is 0 Å². The fourth-order valence-corrected chi connectivity index (χ4v) is 1.86. The number of primary amides is 1. The summed E-state index contributed by atoms with van der Waals surface area (Å²) in [6, 6.07) is 0. The highest BCUT2D eigenvalue weighted by atomic mass is 31.2. The predicted molar refractivity (Wildman–Crippen MR) is 57.4 cm³/mol. The lowest BCUT2D eigenvalue weighted by Crippen LogP contribution is -2.31. The number of carbonyl (C=O) groups excluding carboxylic acids is 1. The van der Waals surface area contributed by atoms with Crippen LogP contribution in [0, 0.1) is 0 Å². The number of nitrogens with two attached hydrogens (primary N) is 1. The SMILES string of the molecule is COP(=O)(O)[C@@H](O)[C@@H](O)Cn1cc(C(N)=O)nn1. The number of aliphatic hydroxyl groups excluding tert-OH is 2. The van der Waals surface area contributed by atoms with Gasteiger partial charge in [-0.1, -0.05) is 5.21 Å². The van der Waals surface area contributed by atoms with Gasteiger partial charge in [0.2, 0.25) is 0 Å². The molecule has 0 spiro atoms. The number of carbonyl (C=O) groups is 1. The van der Waals surface area contributed by atoms with Gasteiger partial charge in [-0.2, -0.15) is 0 Å². The molecule has 18 heavy (non-hydrogen) atoms. The van der Waals surface area contributed by atoms with Crippen LogP contribution < -0.4 is 5.73 Å². The minimum atomic E-state index is -4.32. The fourth-order valence-electron chi connectivity index (χ4n) is 1.11. The Bertz CT molecular complexity index is 476. The van der Waals surface area contributed by atoms with E-state index in [1.165, 1.54) is 0 Å². The lowest BCUT2D eigenvalue weighted by Gasteiger charge is -2.20. The quantitative estimate of drug-likeness (QED) is 0.430. The number of amides is 1. The van der Waals surface area contributed by atoms with E-state index in [-0.39, 0.29) is 12.2 Å². The smallest absolute Gasteiger partial charge is 0.358 e. The maximum Gasteiger partial charge on any atom is 0.358 e. The lowest BCUT2D eigenvalue weighted by atomic mass is 10.4. The molecule has 0 aromatic carbocycles. The van der Waals surface area contributed by atoms with E-state index >= 15 is 0 Å². The van der Waals surface area contributed by atoms with Crippen LogP contribution >= 0.6 is 7.60 Å². The minimum absolute atomic E-state index is 0.129. The van der Waals surface area contributed by atoms with Gasteiger partial charge in [-0.15, -0.1) is 5.10 Å². The third kappa shape index (κ3) is 3.34. The molecule has 1 heterocycles. The molecule has 3 atom stereocenters. The van der Waals surface area contributed by atoms with Crippen molar-refractivity contribution in [1.82, 2.24) is 15.0 Å². The molecule has 0 bridgehead atoms. The van der Waals surface area contributed by atoms with Crippen molar-refractivity contribution in [3.63, 3.8) is 0 Å². The zero-order valence-corrected chi connectivity index (χ0v) is 10.3. The molecule has 0 radical (unpaired) electrons. The summed E-state index contributed by atoms with van der Waals surface area (Å²) in [7, 11) is -3.39. The normalized spacial score (nSPS) is 18.0. The summed E-state index contributed by atoms with van der Waals surface area (Å²) in [6.45, 7) is -0.352. The molecule has 5 N–H and O–H groups in total. The van der Waals surface area contributed by atoms with Crippen molar-refractivity contribution in [2.24, 2.45) is 5.73 Å². The van der Waals surface area contributed by atoms with Gasteiger partial charge in [0.25, 0.3) is 5.91 Å². The first kappa shape index (κ1) is 14.7. The maximum atomic E-state index is 11.2. The lowest BCUT2D eigenvalue weighted by molar-refractivity contribution is 0.0356. The van der Waals surface area contributed by atoms with Gasteiger partial charge in [0, 0.05) is 7.11 Å². The molecule has 0 aliphatic heterocycles. The summed E-state index contributed by atoms with van der Waals surface area (Å²) < 4.78 is 16.4. The third-order valence-electron chi connectivity index (χ3n) is 2.11. The Morgan fingerprint density at radius 2 is 2.28 bits per heavy atom. The number of aliphatic hydroxyl groups is 2. The van der Waals surface area contributed by atoms with Crippen molar-refractivity contribution < 1.29 is 29.0 Å². The molecule has 0 fully saturated rings. The zero-order valence-electron chi connectivity index (χ0n) is 9.37. The number of aromatic nitrogens is 3. The molecule has 1 unspecified atom stereocenters. The summed E-state index contributed by atoms with van der Waals surface area (Å²) in [4.78, 5) is 19.9. The largest absolute Gasteiger partial charge is 0.388 e. The highest BCUT2D eigenvalue weighted by Crippen LogP contribution is 2.46. The molecule has 0 saturated heterocycles. The van der Waals surface area contributed by atoms with Crippen molar-refractivity contribution in [2.45, 2.75) is 18.5 Å². The monoisotopic (exact) mass is 280 g/mol. The molecule has 102 valence electrons. The van der Waals surface area contributed by atoms with Gasteiger partial charge in [-0.25, -0.2) is 4.68 Å². The molecule has 1 aromatic heterocycles. The van der Waals surface area contributed by atoms with Crippen LogP contribution in [0.2, 0.25) is 0 Å². The van der Waals surface area contributed by atoms with E-state index in [9.17, 15) is 19.6 Å². The van der Waals surface area contributed by atoms with E-state index in [1.807, 2.05) is 0 Å². The van der Waals surface area contributed by atoms with E-state index in [2.05, 4.69) is 14.8 Å². The van der Waals surface area contributed by atoms with Crippen molar-refractivity contribution in [2.75, 3.05) is 7.11 Å². The van der Waals surface area contributed by atoms with Crippen LogP contribution in [-0.4, -0.2) is 55.1 Å². The Balaban J connectivity index is 2.72. The van der Waals surface area contributed by atoms with Gasteiger partial charge in [-0.05, 0) is 0 Å². The average Bonchev–Trinajstić information content (AvgIpc) is 2.76. The Labute approximate surface area is 102 Å². The van der Waals surface area contributed by atoms with Crippen molar-refractivity contribution in [3.05, 3.63) is 11.9 Å². The second-order valence-corrected chi connectivity index (χ2v) is 5.44. The van der Waals surface area contributed by atoms with Gasteiger partial charge >= 0.3 is 7.60 Å². The molecule has 11 heteroatoms. The minimum Gasteiger partial charge on any atom is -0.388 e. The molecule has 0 aliphatic carbocycles. The Morgan fingerprint density at radius 3 is 2.72 bits per heavy atom. The molecule has 1 rings (SSSR count). The third-order valence-corrected chi connectivity index (χ3v) is 3.64. The summed E-state index contributed by atoms with van der Waals surface area (Å²) in [6.07, 6.45) is -0.490. The zero-order chi connectivity index (χ0) is 13.9. The van der Waals surface area contributed by atoms with E-state index in [0.717, 1.165) is 18.0 Å². The van der Waals surface area contributed by atoms with Crippen molar-refractivity contribution in [1.29, 1.82) is 0 Å². The van der Waals surface area contributed by atoms with E-state index < -0.39 is 25.5 Å². The molecule has 0 aliphatic rings. The predicted octanol–water partition coefficient (Wildman–Crippen LogP) is -2.11. The van der Waals surface area contributed by atoms with E-state index in [1.54, 1.807) is 0 Å². The molecule has 1 amide bonds. The van der Waals surface area contributed by atoms with Crippen LogP contribution in [0.5, 0.6) is 0 Å². The highest BCUT2D eigenvalue weighted by Gasteiger charge is 2.36. The van der Waals surface area contributed by atoms with Crippen LogP contribution in [0.15, 0.2) is 6.20 Å². The summed E-state index contributed by atoms with van der Waals surface area (Å²) in [5.74, 6) is -2.80. The van der Waals surface area contributed by atoms with Crippen LogP contribution in [0.1, 0.15) is 10.5 Å². The first-order chi connectivity index (χ1) is 8.27. The molecule has 0 saturated carbocycles. The molecule has 1 aromatic rings. The standard InChI is InChI=1S/C7H13N4O6P/c1-17-18(15,16)7(14)5(12)3-11-2-4(6(8)13)9-10-11/h2,5,7,12,14H,3H2,1H3,(H2,8,13)(H,15,16)/t5-,7+/m0/s1. The summed E-state index contributed by atoms with van der Waals surface area (Å²) in [5, 5.41) is 25.7. The van der Waals surface area contributed by atoms with Gasteiger partial charge in [0.05, 0.1) is 12.7 Å². The van der Waals surface area contributed by atoms with Crippen molar-refractivity contribution >= 4 is 13.5 Å². The van der Waals surface area contributed by atoms with Crippen LogP contribution in [0.25, 0.3) is 0 Å². The first-order valence-electron chi connectivity index (χ1n) is 4.72. The number of rotatable bonds is 6. The summed E-state index contributed by atoms with van der Waals surface area (Å²) >= 11 is 0. The van der Waals surface area contributed by atoms with Gasteiger partial charge < -0.3 is 25.4 Å². The fraction of sp³-hybridized carbons (Fsp3) is 0.571. The average molecular weight is 280 g/mol. The number of hydrogen-bond donors (Lipinski definition) is 4. The van der Waals surface area contributed by atoms with Gasteiger partial charge in [0.15, 0.2) is 11.5 Å². The molecular formula is C7H13N4O6P. The number of hydrogen-bond acceptors (Lipinski definition) is 7. The topological polar surface area (TPSA) is 161 Å². The van der Waals surface area contributed by atoms with Gasteiger partial charge in [-0.3, -0.25) is 9.36 Å². The Morgan fingerprint density at radius 1 is 1.67 bits per heavy atom. The van der Waals surface area contributed by atoms with Crippen LogP contribution in [0.4, 0.5) is 0 Å². The molecular weight excluding hydrogens is 267 g/mol. The Kier molecular flexibility index (Phi) is 4.54. The van der Waals surface area contributed by atoms with E-state index in [0.29, 0.717) is 0 Å². The van der Waals surface area contributed by atoms with Crippen LogP contribution in [-0.2, 0) is 15.6 Å². The maximum absolute atomic E-state index is 11.2. The number of nitrogens with zero attached hydrogens (tertiary/aromatic N) is 3.